The van der Waals surface area contributed by atoms with E-state index in [4.69, 9.17) is 10.5 Å². The third-order valence-corrected chi connectivity index (χ3v) is 3.64. The largest absolute Gasteiger partial charge is 0.399 e. The summed E-state index contributed by atoms with van der Waals surface area (Å²) in [6.07, 6.45) is 0.476. The second-order valence-corrected chi connectivity index (χ2v) is 5.23. The zero-order chi connectivity index (χ0) is 13.4. The maximum Gasteiger partial charge on any atom is 0.138 e. The van der Waals surface area contributed by atoms with Crippen molar-refractivity contribution in [3.05, 3.63) is 24.0 Å². The molecule has 0 spiro atoms. The fourth-order valence-electron chi connectivity index (χ4n) is 2.66. The van der Waals surface area contributed by atoms with E-state index in [-0.39, 0.29) is 0 Å². The average Bonchev–Trinajstić information content (AvgIpc) is 2.97. The van der Waals surface area contributed by atoms with E-state index in [1.807, 2.05) is 18.2 Å². The predicted molar refractivity (Wildman–Crippen MR) is 73.7 cm³/mol. The molecule has 0 saturated carbocycles. The van der Waals surface area contributed by atoms with Gasteiger partial charge in [0, 0.05) is 24.8 Å². The van der Waals surface area contributed by atoms with Gasteiger partial charge in [-0.2, -0.15) is 0 Å². The first kappa shape index (κ1) is 12.4. The summed E-state index contributed by atoms with van der Waals surface area (Å²) >= 11 is 0. The lowest BCUT2D eigenvalue weighted by Gasteiger charge is -2.14. The lowest BCUT2D eigenvalue weighted by atomic mass is 10.1. The fourth-order valence-corrected chi connectivity index (χ4v) is 2.66. The highest BCUT2D eigenvalue weighted by Gasteiger charge is 2.21. The first-order valence-electron chi connectivity index (χ1n) is 6.66. The Morgan fingerprint density at radius 3 is 3.11 bits per heavy atom. The summed E-state index contributed by atoms with van der Waals surface area (Å²) in [6.45, 7) is 4.19. The van der Waals surface area contributed by atoms with Crippen molar-refractivity contribution in [3.63, 3.8) is 0 Å². The van der Waals surface area contributed by atoms with Crippen molar-refractivity contribution in [2.45, 2.75) is 26.0 Å². The van der Waals surface area contributed by atoms with Crippen LogP contribution in [0, 0.1) is 5.92 Å². The molecule has 1 aromatic carbocycles. The SMILES string of the molecule is CC(O)c1nc2cc(N)ccc2n1CC1CCOC1. The van der Waals surface area contributed by atoms with Crippen molar-refractivity contribution in [1.29, 1.82) is 0 Å². The molecule has 0 amide bonds. The van der Waals surface area contributed by atoms with Crippen LogP contribution in [-0.2, 0) is 11.3 Å². The Morgan fingerprint density at radius 2 is 2.42 bits per heavy atom. The number of aromatic nitrogens is 2. The molecule has 0 bridgehead atoms. The smallest absolute Gasteiger partial charge is 0.138 e. The number of rotatable bonds is 3. The Morgan fingerprint density at radius 1 is 1.58 bits per heavy atom. The Balaban J connectivity index is 2.05. The van der Waals surface area contributed by atoms with E-state index < -0.39 is 6.10 Å². The number of imidazole rings is 1. The molecule has 1 fully saturated rings. The summed E-state index contributed by atoms with van der Waals surface area (Å²) in [5.41, 5.74) is 8.35. The molecule has 0 aliphatic carbocycles. The molecule has 1 saturated heterocycles. The molecule has 2 unspecified atom stereocenters. The number of anilines is 1. The minimum Gasteiger partial charge on any atom is -0.399 e. The van der Waals surface area contributed by atoms with Gasteiger partial charge in [0.05, 0.1) is 17.6 Å². The van der Waals surface area contributed by atoms with Crippen LogP contribution in [0.15, 0.2) is 18.2 Å². The van der Waals surface area contributed by atoms with Gasteiger partial charge in [0.25, 0.3) is 0 Å². The molecule has 0 radical (unpaired) electrons. The fraction of sp³-hybridized carbons (Fsp3) is 0.500. The van der Waals surface area contributed by atoms with Crippen LogP contribution in [0.3, 0.4) is 0 Å². The Labute approximate surface area is 112 Å². The van der Waals surface area contributed by atoms with Crippen LogP contribution >= 0.6 is 0 Å². The molecule has 2 atom stereocenters. The monoisotopic (exact) mass is 261 g/mol. The van der Waals surface area contributed by atoms with E-state index in [9.17, 15) is 5.11 Å². The van der Waals surface area contributed by atoms with Crippen LogP contribution in [-0.4, -0.2) is 27.9 Å². The number of aliphatic hydroxyl groups is 1. The molecule has 1 aromatic heterocycles. The van der Waals surface area contributed by atoms with Gasteiger partial charge in [0.15, 0.2) is 0 Å². The Hall–Kier alpha value is -1.59. The highest BCUT2D eigenvalue weighted by molar-refractivity contribution is 5.79. The minimum atomic E-state index is -0.587. The molecular formula is C14H19N3O2. The van der Waals surface area contributed by atoms with Crippen LogP contribution < -0.4 is 5.73 Å². The third-order valence-electron chi connectivity index (χ3n) is 3.64. The number of nitrogens with two attached hydrogens (primary N) is 1. The molecule has 5 heteroatoms. The van der Waals surface area contributed by atoms with Gasteiger partial charge in [-0.3, -0.25) is 0 Å². The Bertz CT molecular complexity index is 586. The van der Waals surface area contributed by atoms with Gasteiger partial charge < -0.3 is 20.1 Å². The molecule has 5 nitrogen and oxygen atoms in total. The lowest BCUT2D eigenvalue weighted by molar-refractivity contribution is 0.173. The zero-order valence-electron chi connectivity index (χ0n) is 11.0. The maximum absolute atomic E-state index is 9.90. The standard InChI is InChI=1S/C14H19N3O2/c1-9(18)14-16-12-6-11(15)2-3-13(12)17(14)7-10-4-5-19-8-10/h2-3,6,9-10,18H,4-5,7-8,15H2,1H3. The summed E-state index contributed by atoms with van der Waals surface area (Å²) in [6, 6.07) is 5.69. The molecule has 1 aliphatic heterocycles. The van der Waals surface area contributed by atoms with Crippen molar-refractivity contribution in [1.82, 2.24) is 9.55 Å². The highest BCUT2D eigenvalue weighted by Crippen LogP contribution is 2.25. The van der Waals surface area contributed by atoms with E-state index >= 15 is 0 Å². The van der Waals surface area contributed by atoms with E-state index in [0.29, 0.717) is 17.4 Å². The number of ether oxygens (including phenoxy) is 1. The van der Waals surface area contributed by atoms with Crippen LogP contribution in [0.2, 0.25) is 0 Å². The van der Waals surface area contributed by atoms with E-state index in [1.54, 1.807) is 6.92 Å². The second kappa shape index (κ2) is 4.83. The zero-order valence-corrected chi connectivity index (χ0v) is 11.0. The summed E-state index contributed by atoms with van der Waals surface area (Å²) < 4.78 is 7.52. The van der Waals surface area contributed by atoms with Crippen molar-refractivity contribution < 1.29 is 9.84 Å². The van der Waals surface area contributed by atoms with E-state index in [2.05, 4.69) is 9.55 Å². The number of benzene rings is 1. The predicted octanol–water partition coefficient (Wildman–Crippen LogP) is 1.71. The van der Waals surface area contributed by atoms with Crippen LogP contribution in [0.25, 0.3) is 11.0 Å². The van der Waals surface area contributed by atoms with Crippen molar-refractivity contribution in [3.8, 4) is 0 Å². The molecule has 19 heavy (non-hydrogen) atoms. The van der Waals surface area contributed by atoms with Crippen molar-refractivity contribution >= 4 is 16.7 Å². The number of aliphatic hydroxyl groups excluding tert-OH is 1. The maximum atomic E-state index is 9.90. The minimum absolute atomic E-state index is 0.493. The van der Waals surface area contributed by atoms with E-state index in [0.717, 1.165) is 37.2 Å². The van der Waals surface area contributed by atoms with Gasteiger partial charge >= 0.3 is 0 Å². The van der Waals surface area contributed by atoms with Crippen LogP contribution in [0.5, 0.6) is 0 Å². The highest BCUT2D eigenvalue weighted by atomic mass is 16.5. The van der Waals surface area contributed by atoms with E-state index in [1.165, 1.54) is 0 Å². The van der Waals surface area contributed by atoms with Gasteiger partial charge in [0.2, 0.25) is 0 Å². The number of hydrogen-bond donors (Lipinski definition) is 2. The molecule has 102 valence electrons. The first-order chi connectivity index (χ1) is 9.15. The summed E-state index contributed by atoms with van der Waals surface area (Å²) in [7, 11) is 0. The molecule has 1 aliphatic rings. The molecular weight excluding hydrogens is 242 g/mol. The average molecular weight is 261 g/mol. The van der Waals surface area contributed by atoms with Crippen LogP contribution in [0.1, 0.15) is 25.3 Å². The topological polar surface area (TPSA) is 73.3 Å². The molecule has 2 heterocycles. The van der Waals surface area contributed by atoms with Gasteiger partial charge in [-0.1, -0.05) is 0 Å². The number of hydrogen-bond acceptors (Lipinski definition) is 4. The van der Waals surface area contributed by atoms with Crippen molar-refractivity contribution in [2.24, 2.45) is 5.92 Å². The molecule has 3 rings (SSSR count). The summed E-state index contributed by atoms with van der Waals surface area (Å²) in [4.78, 5) is 4.51. The molecule has 2 aromatic rings. The summed E-state index contributed by atoms with van der Waals surface area (Å²) in [5.74, 6) is 1.19. The normalized spacial score (nSPS) is 21.1. The van der Waals surface area contributed by atoms with Crippen molar-refractivity contribution in [2.75, 3.05) is 18.9 Å². The van der Waals surface area contributed by atoms with Gasteiger partial charge in [0.1, 0.15) is 11.9 Å². The second-order valence-electron chi connectivity index (χ2n) is 5.23. The van der Waals surface area contributed by atoms with Crippen LogP contribution in [0.4, 0.5) is 5.69 Å². The van der Waals surface area contributed by atoms with Gasteiger partial charge in [-0.05, 0) is 31.5 Å². The number of nitrogens with zero attached hydrogens (tertiary/aromatic N) is 2. The Kier molecular flexibility index (Phi) is 3.16. The van der Waals surface area contributed by atoms with Gasteiger partial charge in [-0.15, -0.1) is 0 Å². The quantitative estimate of drug-likeness (QED) is 0.825. The summed E-state index contributed by atoms with van der Waals surface area (Å²) in [5, 5.41) is 9.90. The number of nitrogen functional groups attached to an aromatic ring is 1. The first-order valence-corrected chi connectivity index (χ1v) is 6.66. The third kappa shape index (κ3) is 2.31. The number of fused-ring (bicyclic) bond motifs is 1. The molecule has 3 N–H and O–H groups in total. The lowest BCUT2D eigenvalue weighted by Crippen LogP contribution is -2.14. The van der Waals surface area contributed by atoms with Gasteiger partial charge in [-0.25, -0.2) is 4.98 Å².